The van der Waals surface area contributed by atoms with Gasteiger partial charge in [-0.3, -0.25) is 0 Å². The second-order valence-corrected chi connectivity index (χ2v) is 4.57. The van der Waals surface area contributed by atoms with Crippen LogP contribution >= 0.6 is 0 Å². The largest absolute Gasteiger partial charge is 0.197 e. The van der Waals surface area contributed by atoms with E-state index in [0.29, 0.717) is 0 Å². The monoisotopic (exact) mass is 211 g/mol. The van der Waals surface area contributed by atoms with E-state index in [4.69, 9.17) is 0 Å². The summed E-state index contributed by atoms with van der Waals surface area (Å²) < 4.78 is 0. The van der Waals surface area contributed by atoms with Crippen LogP contribution in [0.3, 0.4) is 0 Å². The summed E-state index contributed by atoms with van der Waals surface area (Å²) >= 11 is 0. The lowest BCUT2D eigenvalue weighted by molar-refractivity contribution is 0.337. The summed E-state index contributed by atoms with van der Waals surface area (Å²) in [6.07, 6.45) is 9.90. The molecule has 0 saturated heterocycles. The standard InChI is InChI=1S/C15H17N/c16-13-15(10-5-2-6-11-15)12-9-14-7-3-1-4-8-14/h1,3-4,7-9,12H,2,5-6,10-11H2/b12-9+. The van der Waals surface area contributed by atoms with Crippen molar-refractivity contribution in [2.24, 2.45) is 5.41 Å². The first kappa shape index (κ1) is 11.0. The number of hydrogen-bond acceptors (Lipinski definition) is 1. The first-order valence-corrected chi connectivity index (χ1v) is 6.00. The molecule has 1 fully saturated rings. The van der Waals surface area contributed by atoms with Crippen LogP contribution in [0.15, 0.2) is 36.4 Å². The molecule has 0 heterocycles. The van der Waals surface area contributed by atoms with Crippen molar-refractivity contribution in [3.8, 4) is 6.07 Å². The molecule has 1 aromatic carbocycles. The third-order valence-electron chi connectivity index (χ3n) is 3.36. The first-order valence-electron chi connectivity index (χ1n) is 6.00. The Kier molecular flexibility index (Phi) is 3.41. The maximum Gasteiger partial charge on any atom is 0.0756 e. The fourth-order valence-corrected chi connectivity index (χ4v) is 2.32. The van der Waals surface area contributed by atoms with Crippen LogP contribution < -0.4 is 0 Å². The van der Waals surface area contributed by atoms with Crippen LogP contribution in [0.5, 0.6) is 0 Å². The van der Waals surface area contributed by atoms with Crippen LogP contribution in [-0.4, -0.2) is 0 Å². The summed E-state index contributed by atoms with van der Waals surface area (Å²) in [6.45, 7) is 0. The highest BCUT2D eigenvalue weighted by atomic mass is 14.4. The maximum atomic E-state index is 9.32. The van der Waals surface area contributed by atoms with Crippen LogP contribution in [0.25, 0.3) is 6.08 Å². The molecule has 1 saturated carbocycles. The van der Waals surface area contributed by atoms with E-state index in [1.165, 1.54) is 24.8 Å². The predicted molar refractivity (Wildman–Crippen MR) is 66.6 cm³/mol. The lowest BCUT2D eigenvalue weighted by atomic mass is 9.75. The van der Waals surface area contributed by atoms with Gasteiger partial charge < -0.3 is 0 Å². The summed E-state index contributed by atoms with van der Waals surface area (Å²) in [5, 5.41) is 9.32. The highest BCUT2D eigenvalue weighted by molar-refractivity contribution is 5.50. The van der Waals surface area contributed by atoms with Gasteiger partial charge in [-0.15, -0.1) is 0 Å². The highest BCUT2D eigenvalue weighted by Crippen LogP contribution is 2.37. The number of allylic oxidation sites excluding steroid dienone is 1. The minimum absolute atomic E-state index is 0.200. The zero-order chi connectivity index (χ0) is 11.3. The molecule has 0 bridgehead atoms. The van der Waals surface area contributed by atoms with E-state index in [1.54, 1.807) is 0 Å². The van der Waals surface area contributed by atoms with E-state index in [2.05, 4.69) is 30.4 Å². The Hall–Kier alpha value is -1.55. The van der Waals surface area contributed by atoms with Crippen molar-refractivity contribution >= 4 is 6.08 Å². The zero-order valence-corrected chi connectivity index (χ0v) is 9.52. The molecule has 0 N–H and O–H groups in total. The maximum absolute atomic E-state index is 9.32. The fraction of sp³-hybridized carbons (Fsp3) is 0.400. The number of hydrogen-bond donors (Lipinski definition) is 0. The molecular formula is C15H17N. The molecule has 0 radical (unpaired) electrons. The smallest absolute Gasteiger partial charge is 0.0756 e. The van der Waals surface area contributed by atoms with Crippen molar-refractivity contribution in [2.45, 2.75) is 32.1 Å². The van der Waals surface area contributed by atoms with Crippen molar-refractivity contribution < 1.29 is 0 Å². The molecule has 0 spiro atoms. The number of rotatable bonds is 2. The van der Waals surface area contributed by atoms with Gasteiger partial charge in [-0.05, 0) is 18.4 Å². The Bertz CT molecular complexity index is 391. The predicted octanol–water partition coefficient (Wildman–Crippen LogP) is 4.17. The van der Waals surface area contributed by atoms with Crippen molar-refractivity contribution in [2.75, 3.05) is 0 Å². The van der Waals surface area contributed by atoms with Crippen molar-refractivity contribution in [3.05, 3.63) is 42.0 Å². The Morgan fingerprint density at radius 1 is 1.06 bits per heavy atom. The van der Waals surface area contributed by atoms with Crippen molar-refractivity contribution in [1.29, 1.82) is 5.26 Å². The van der Waals surface area contributed by atoms with Gasteiger partial charge in [0.05, 0.1) is 11.5 Å². The molecular weight excluding hydrogens is 194 g/mol. The molecule has 1 aromatic rings. The average Bonchev–Trinajstić information content (AvgIpc) is 2.39. The lowest BCUT2D eigenvalue weighted by Gasteiger charge is -2.27. The summed E-state index contributed by atoms with van der Waals surface area (Å²) in [7, 11) is 0. The van der Waals surface area contributed by atoms with Crippen LogP contribution in [-0.2, 0) is 0 Å². The van der Waals surface area contributed by atoms with E-state index >= 15 is 0 Å². The van der Waals surface area contributed by atoms with E-state index in [9.17, 15) is 5.26 Å². The minimum atomic E-state index is -0.200. The molecule has 0 unspecified atom stereocenters. The number of nitrogens with zero attached hydrogens (tertiary/aromatic N) is 1. The second-order valence-electron chi connectivity index (χ2n) is 4.57. The first-order chi connectivity index (χ1) is 7.85. The van der Waals surface area contributed by atoms with Gasteiger partial charge in [-0.1, -0.05) is 61.7 Å². The molecule has 0 aliphatic heterocycles. The Balaban J connectivity index is 2.13. The molecule has 0 atom stereocenters. The Morgan fingerprint density at radius 2 is 1.75 bits per heavy atom. The van der Waals surface area contributed by atoms with E-state index in [1.807, 2.05) is 18.2 Å². The summed E-state index contributed by atoms with van der Waals surface area (Å²) in [4.78, 5) is 0. The van der Waals surface area contributed by atoms with Crippen LogP contribution in [0, 0.1) is 16.7 Å². The second kappa shape index (κ2) is 4.99. The third-order valence-corrected chi connectivity index (χ3v) is 3.36. The van der Waals surface area contributed by atoms with Gasteiger partial charge in [0.1, 0.15) is 0 Å². The normalized spacial score (nSPS) is 19.4. The summed E-state index contributed by atoms with van der Waals surface area (Å²) in [5.74, 6) is 0. The quantitative estimate of drug-likeness (QED) is 0.720. The van der Waals surface area contributed by atoms with Gasteiger partial charge in [0, 0.05) is 0 Å². The molecule has 1 nitrogen and oxygen atoms in total. The van der Waals surface area contributed by atoms with Crippen LogP contribution in [0.1, 0.15) is 37.7 Å². The SMILES string of the molecule is N#CC1(/C=C/c2ccccc2)CCCCC1. The fourth-order valence-electron chi connectivity index (χ4n) is 2.32. The molecule has 1 heteroatoms. The number of benzene rings is 1. The Labute approximate surface area is 97.4 Å². The van der Waals surface area contributed by atoms with Crippen LogP contribution in [0.4, 0.5) is 0 Å². The average molecular weight is 211 g/mol. The highest BCUT2D eigenvalue weighted by Gasteiger charge is 2.28. The molecule has 82 valence electrons. The summed E-state index contributed by atoms with van der Waals surface area (Å²) in [5.41, 5.74) is 0.983. The van der Waals surface area contributed by atoms with Crippen LogP contribution in [0.2, 0.25) is 0 Å². The number of nitriles is 1. The van der Waals surface area contributed by atoms with Gasteiger partial charge in [0.15, 0.2) is 0 Å². The minimum Gasteiger partial charge on any atom is -0.197 e. The molecule has 1 aliphatic carbocycles. The lowest BCUT2D eigenvalue weighted by Crippen LogP contribution is -2.18. The zero-order valence-electron chi connectivity index (χ0n) is 9.52. The molecule has 16 heavy (non-hydrogen) atoms. The van der Waals surface area contributed by atoms with Crippen molar-refractivity contribution in [3.63, 3.8) is 0 Å². The molecule has 1 aliphatic rings. The van der Waals surface area contributed by atoms with Gasteiger partial charge in [-0.25, -0.2) is 0 Å². The molecule has 0 aromatic heterocycles. The summed E-state index contributed by atoms with van der Waals surface area (Å²) in [6, 6.07) is 12.7. The third kappa shape index (κ3) is 2.52. The van der Waals surface area contributed by atoms with Gasteiger partial charge in [0.25, 0.3) is 0 Å². The van der Waals surface area contributed by atoms with E-state index in [-0.39, 0.29) is 5.41 Å². The van der Waals surface area contributed by atoms with E-state index in [0.717, 1.165) is 12.8 Å². The molecule has 2 rings (SSSR count). The van der Waals surface area contributed by atoms with Gasteiger partial charge in [-0.2, -0.15) is 5.26 Å². The molecule has 0 amide bonds. The van der Waals surface area contributed by atoms with Gasteiger partial charge >= 0.3 is 0 Å². The van der Waals surface area contributed by atoms with Crippen molar-refractivity contribution in [1.82, 2.24) is 0 Å². The topological polar surface area (TPSA) is 23.8 Å². The van der Waals surface area contributed by atoms with E-state index < -0.39 is 0 Å². The Morgan fingerprint density at radius 3 is 2.38 bits per heavy atom. The van der Waals surface area contributed by atoms with Gasteiger partial charge in [0.2, 0.25) is 0 Å².